The molecule has 0 atom stereocenters. The Labute approximate surface area is 129 Å². The van der Waals surface area contributed by atoms with E-state index < -0.39 is 0 Å². The van der Waals surface area contributed by atoms with E-state index >= 15 is 0 Å². The summed E-state index contributed by atoms with van der Waals surface area (Å²) in [6.07, 6.45) is 0.979. The molecule has 0 spiro atoms. The fourth-order valence-electron chi connectivity index (χ4n) is 3.16. The molecule has 0 saturated carbocycles. The van der Waals surface area contributed by atoms with Crippen LogP contribution in [0.2, 0.25) is 0 Å². The Morgan fingerprint density at radius 2 is 0.952 bits per heavy atom. The van der Waals surface area contributed by atoms with Crippen molar-refractivity contribution in [1.29, 1.82) is 0 Å². The molecular formula is C19H28N2+2. The molecule has 0 aliphatic carbocycles. The molecule has 2 heteroatoms. The van der Waals surface area contributed by atoms with Gasteiger partial charge < -0.3 is 0 Å². The SMILES string of the molecule is Cc1cc(C)c(Cc2c(C)cc(C)c(C)[n+]2C)[n+](C)c1C. The molecule has 2 nitrogen and oxygen atoms in total. The molecule has 0 aliphatic rings. The maximum Gasteiger partial charge on any atom is 0.194 e. The lowest BCUT2D eigenvalue weighted by Gasteiger charge is -2.11. The number of hydrogen-bond acceptors (Lipinski definition) is 0. The lowest BCUT2D eigenvalue weighted by atomic mass is 10.0. The first-order valence-electron chi connectivity index (χ1n) is 7.65. The molecule has 0 aliphatic heterocycles. The van der Waals surface area contributed by atoms with Crippen LogP contribution < -0.4 is 9.13 Å². The van der Waals surface area contributed by atoms with E-state index in [1.807, 2.05) is 0 Å². The van der Waals surface area contributed by atoms with Crippen LogP contribution >= 0.6 is 0 Å². The molecule has 2 heterocycles. The Kier molecular flexibility index (Phi) is 4.18. The van der Waals surface area contributed by atoms with Gasteiger partial charge in [-0.15, -0.1) is 0 Å². The van der Waals surface area contributed by atoms with E-state index in [1.165, 1.54) is 45.0 Å². The standard InChI is InChI=1S/C19H28N2/c1-12-9-14(3)18(20(7)16(12)5)11-19-15(4)10-13(2)17(6)21(19)8/h9-10H,11H2,1-8H3/q+2. The Morgan fingerprint density at radius 1 is 0.619 bits per heavy atom. The zero-order valence-corrected chi connectivity index (χ0v) is 14.8. The highest BCUT2D eigenvalue weighted by Gasteiger charge is 2.23. The van der Waals surface area contributed by atoms with E-state index in [9.17, 15) is 0 Å². The van der Waals surface area contributed by atoms with E-state index in [-0.39, 0.29) is 0 Å². The van der Waals surface area contributed by atoms with Crippen molar-refractivity contribution in [2.75, 3.05) is 0 Å². The zero-order chi connectivity index (χ0) is 15.9. The molecule has 0 bridgehead atoms. The van der Waals surface area contributed by atoms with Crippen LogP contribution in [-0.2, 0) is 20.5 Å². The summed E-state index contributed by atoms with van der Waals surface area (Å²) in [4.78, 5) is 0. The average Bonchev–Trinajstić information content (AvgIpc) is 2.42. The molecule has 2 rings (SSSR count). The van der Waals surface area contributed by atoms with Gasteiger partial charge in [-0.3, -0.25) is 0 Å². The van der Waals surface area contributed by atoms with Crippen molar-refractivity contribution in [2.24, 2.45) is 14.1 Å². The molecule has 21 heavy (non-hydrogen) atoms. The third kappa shape index (κ3) is 2.72. The molecule has 0 aromatic carbocycles. The number of rotatable bonds is 2. The highest BCUT2D eigenvalue weighted by Crippen LogP contribution is 2.16. The fraction of sp³-hybridized carbons (Fsp3) is 0.474. The van der Waals surface area contributed by atoms with Crippen molar-refractivity contribution >= 4 is 0 Å². The topological polar surface area (TPSA) is 7.76 Å². The molecule has 0 unspecified atom stereocenters. The van der Waals surface area contributed by atoms with Gasteiger partial charge in [-0.2, -0.15) is 0 Å². The van der Waals surface area contributed by atoms with E-state index in [1.54, 1.807) is 0 Å². The maximum atomic E-state index is 2.35. The predicted octanol–water partition coefficient (Wildman–Crippen LogP) is 2.78. The van der Waals surface area contributed by atoms with Gasteiger partial charge in [0.1, 0.15) is 20.5 Å². The van der Waals surface area contributed by atoms with Crippen molar-refractivity contribution in [3.05, 3.63) is 57.2 Å². The number of hydrogen-bond donors (Lipinski definition) is 0. The minimum Gasteiger partial charge on any atom is -0.202 e. The fourth-order valence-corrected chi connectivity index (χ4v) is 3.16. The summed E-state index contributed by atoms with van der Waals surface area (Å²) >= 11 is 0. The summed E-state index contributed by atoms with van der Waals surface area (Å²) in [5.74, 6) is 0. The minimum absolute atomic E-state index is 0.979. The van der Waals surface area contributed by atoms with Crippen LogP contribution in [0.15, 0.2) is 12.1 Å². The molecule has 2 aromatic rings. The number of nitrogens with zero attached hydrogens (tertiary/aromatic N) is 2. The maximum absolute atomic E-state index is 2.35. The smallest absolute Gasteiger partial charge is 0.194 e. The van der Waals surface area contributed by atoms with Gasteiger partial charge in [0.05, 0.1) is 0 Å². The first-order valence-corrected chi connectivity index (χ1v) is 7.65. The van der Waals surface area contributed by atoms with Crippen molar-refractivity contribution < 1.29 is 9.13 Å². The highest BCUT2D eigenvalue weighted by molar-refractivity contribution is 5.29. The third-order valence-electron chi connectivity index (χ3n) is 5.07. The quantitative estimate of drug-likeness (QED) is 0.749. The minimum atomic E-state index is 0.979. The van der Waals surface area contributed by atoms with Gasteiger partial charge in [-0.25, -0.2) is 9.13 Å². The predicted molar refractivity (Wildman–Crippen MR) is 86.5 cm³/mol. The van der Waals surface area contributed by atoms with Gasteiger partial charge in [0.2, 0.25) is 0 Å². The first kappa shape index (κ1) is 15.7. The number of pyridine rings is 2. The molecule has 112 valence electrons. The van der Waals surface area contributed by atoms with Crippen molar-refractivity contribution in [3.63, 3.8) is 0 Å². The monoisotopic (exact) mass is 284 g/mol. The van der Waals surface area contributed by atoms with E-state index in [0.29, 0.717) is 0 Å². The first-order chi connectivity index (χ1) is 9.73. The summed E-state index contributed by atoms with van der Waals surface area (Å²) in [7, 11) is 4.36. The van der Waals surface area contributed by atoms with E-state index in [4.69, 9.17) is 0 Å². The van der Waals surface area contributed by atoms with Crippen molar-refractivity contribution in [3.8, 4) is 0 Å². The van der Waals surface area contributed by atoms with Gasteiger partial charge in [-0.1, -0.05) is 0 Å². The summed E-state index contributed by atoms with van der Waals surface area (Å²) in [6.45, 7) is 13.2. The van der Waals surface area contributed by atoms with Crippen LogP contribution in [0.5, 0.6) is 0 Å². The zero-order valence-electron chi connectivity index (χ0n) is 14.8. The Balaban J connectivity index is 2.59. The normalized spacial score (nSPS) is 11.0. The van der Waals surface area contributed by atoms with Crippen molar-refractivity contribution in [2.45, 2.75) is 48.0 Å². The second-order valence-electron chi connectivity index (χ2n) is 6.38. The van der Waals surface area contributed by atoms with Crippen LogP contribution in [0.25, 0.3) is 0 Å². The summed E-state index contributed by atoms with van der Waals surface area (Å²) in [5.41, 5.74) is 11.0. The largest absolute Gasteiger partial charge is 0.202 e. The number of aryl methyl sites for hydroxylation is 4. The van der Waals surface area contributed by atoms with Gasteiger partial charge >= 0.3 is 0 Å². The van der Waals surface area contributed by atoms with E-state index in [0.717, 1.165) is 6.42 Å². The summed E-state index contributed by atoms with van der Waals surface area (Å²) in [5, 5.41) is 0. The second-order valence-corrected chi connectivity index (χ2v) is 6.38. The molecule has 0 amide bonds. The van der Waals surface area contributed by atoms with Crippen LogP contribution in [0.4, 0.5) is 0 Å². The average molecular weight is 284 g/mol. The molecule has 0 radical (unpaired) electrons. The third-order valence-corrected chi connectivity index (χ3v) is 5.07. The number of aromatic nitrogens is 2. The van der Waals surface area contributed by atoms with E-state index in [2.05, 4.69) is 76.9 Å². The molecule has 0 fully saturated rings. The van der Waals surface area contributed by atoms with Crippen LogP contribution in [0.3, 0.4) is 0 Å². The van der Waals surface area contributed by atoms with Crippen molar-refractivity contribution in [1.82, 2.24) is 0 Å². The second kappa shape index (κ2) is 5.59. The lowest BCUT2D eigenvalue weighted by Crippen LogP contribution is -2.43. The molecular weight excluding hydrogens is 256 g/mol. The lowest BCUT2D eigenvalue weighted by molar-refractivity contribution is -0.697. The van der Waals surface area contributed by atoms with Gasteiger partial charge in [-0.05, 0) is 39.8 Å². The summed E-state index contributed by atoms with van der Waals surface area (Å²) < 4.78 is 4.69. The molecule has 2 aromatic heterocycles. The van der Waals surface area contributed by atoms with Gasteiger partial charge in [0.25, 0.3) is 0 Å². The van der Waals surface area contributed by atoms with Crippen LogP contribution in [0, 0.1) is 41.5 Å². The van der Waals surface area contributed by atoms with Gasteiger partial charge in [0.15, 0.2) is 22.8 Å². The Hall–Kier alpha value is -1.70. The summed E-state index contributed by atoms with van der Waals surface area (Å²) in [6, 6.07) is 4.61. The van der Waals surface area contributed by atoms with Gasteiger partial charge in [0, 0.05) is 36.1 Å². The molecule has 0 N–H and O–H groups in total. The Morgan fingerprint density at radius 3 is 1.29 bits per heavy atom. The van der Waals surface area contributed by atoms with Crippen LogP contribution in [0.1, 0.15) is 45.0 Å². The Bertz CT molecular complexity index is 651. The highest BCUT2D eigenvalue weighted by atomic mass is 15.0. The molecule has 0 saturated heterocycles. The van der Waals surface area contributed by atoms with Crippen LogP contribution in [-0.4, -0.2) is 0 Å².